The van der Waals surface area contributed by atoms with Crippen LogP contribution in [0.2, 0.25) is 0 Å². The number of hydrogen-bond donors (Lipinski definition) is 1. The van der Waals surface area contributed by atoms with E-state index in [-0.39, 0.29) is 5.54 Å². The summed E-state index contributed by atoms with van der Waals surface area (Å²) in [5.41, 5.74) is 1.27. The van der Waals surface area contributed by atoms with E-state index in [1.54, 1.807) is 6.26 Å². The highest BCUT2D eigenvalue weighted by Crippen LogP contribution is 2.29. The maximum atomic E-state index is 5.19. The molecule has 1 atom stereocenters. The average molecular weight is 224 g/mol. The number of hydrogen-bond acceptors (Lipinski definition) is 3. The zero-order valence-electron chi connectivity index (χ0n) is 11.1. The van der Waals surface area contributed by atoms with E-state index in [0.29, 0.717) is 6.04 Å². The van der Waals surface area contributed by atoms with E-state index in [2.05, 4.69) is 45.1 Å². The summed E-state index contributed by atoms with van der Waals surface area (Å²) in [5, 5.41) is 3.59. The molecule has 0 saturated carbocycles. The van der Waals surface area contributed by atoms with E-state index < -0.39 is 0 Å². The van der Waals surface area contributed by atoms with Crippen LogP contribution in [0.1, 0.15) is 38.8 Å². The molecule has 0 spiro atoms. The van der Waals surface area contributed by atoms with E-state index in [9.17, 15) is 0 Å². The molecule has 1 aromatic rings. The number of furan rings is 1. The van der Waals surface area contributed by atoms with Crippen molar-refractivity contribution in [3.8, 4) is 0 Å². The van der Waals surface area contributed by atoms with E-state index in [1.165, 1.54) is 5.56 Å². The normalized spacial score (nSPS) is 14.4. The molecule has 0 saturated heterocycles. The summed E-state index contributed by atoms with van der Waals surface area (Å²) in [7, 11) is 4.22. The summed E-state index contributed by atoms with van der Waals surface area (Å²) >= 11 is 0. The third kappa shape index (κ3) is 2.86. The lowest BCUT2D eigenvalue weighted by Crippen LogP contribution is -2.49. The van der Waals surface area contributed by atoms with Crippen LogP contribution in [0.5, 0.6) is 0 Å². The summed E-state index contributed by atoms with van der Waals surface area (Å²) in [5.74, 6) is 0. The van der Waals surface area contributed by atoms with Crippen LogP contribution < -0.4 is 5.32 Å². The molecule has 0 aliphatic carbocycles. The Bertz CT molecular complexity index is 291. The zero-order chi connectivity index (χ0) is 12.2. The Kier molecular flexibility index (Phi) is 4.56. The standard InChI is InChI=1S/C13H24N2O/c1-6-8-14-12(11-7-9-16-10-11)13(2,3)15(4)5/h7,9-10,12,14H,6,8H2,1-5H3. The Labute approximate surface area is 98.8 Å². The van der Waals surface area contributed by atoms with E-state index in [1.807, 2.05) is 12.3 Å². The zero-order valence-corrected chi connectivity index (χ0v) is 11.1. The molecule has 92 valence electrons. The molecule has 1 rings (SSSR count). The Balaban J connectivity index is 2.87. The Morgan fingerprint density at radius 3 is 2.56 bits per heavy atom. The van der Waals surface area contributed by atoms with Crippen molar-refractivity contribution in [3.63, 3.8) is 0 Å². The van der Waals surface area contributed by atoms with Gasteiger partial charge in [-0.15, -0.1) is 0 Å². The van der Waals surface area contributed by atoms with Gasteiger partial charge in [0, 0.05) is 11.1 Å². The van der Waals surface area contributed by atoms with Crippen molar-refractivity contribution in [2.45, 2.75) is 38.8 Å². The SMILES string of the molecule is CCCNC(c1ccoc1)C(C)(C)N(C)C. The van der Waals surface area contributed by atoms with Gasteiger partial charge in [0.15, 0.2) is 0 Å². The lowest BCUT2D eigenvalue weighted by atomic mass is 9.88. The van der Waals surface area contributed by atoms with Crippen LogP contribution in [0.25, 0.3) is 0 Å². The highest BCUT2D eigenvalue weighted by molar-refractivity contribution is 5.17. The van der Waals surface area contributed by atoms with Crippen molar-refractivity contribution in [1.82, 2.24) is 10.2 Å². The quantitative estimate of drug-likeness (QED) is 0.805. The van der Waals surface area contributed by atoms with Gasteiger partial charge in [-0.25, -0.2) is 0 Å². The summed E-state index contributed by atoms with van der Waals surface area (Å²) in [4.78, 5) is 2.24. The van der Waals surface area contributed by atoms with Gasteiger partial charge in [-0.2, -0.15) is 0 Å². The number of nitrogens with zero attached hydrogens (tertiary/aromatic N) is 1. The molecule has 0 aromatic carbocycles. The summed E-state index contributed by atoms with van der Waals surface area (Å²) in [6, 6.07) is 2.33. The van der Waals surface area contributed by atoms with Crippen molar-refractivity contribution in [2.24, 2.45) is 0 Å². The van der Waals surface area contributed by atoms with Crippen molar-refractivity contribution in [2.75, 3.05) is 20.6 Å². The molecular weight excluding hydrogens is 200 g/mol. The van der Waals surface area contributed by atoms with Crippen LogP contribution in [-0.4, -0.2) is 31.1 Å². The Hall–Kier alpha value is -0.800. The van der Waals surface area contributed by atoms with Crippen LogP contribution in [0, 0.1) is 0 Å². The van der Waals surface area contributed by atoms with Crippen LogP contribution in [-0.2, 0) is 0 Å². The monoisotopic (exact) mass is 224 g/mol. The van der Waals surface area contributed by atoms with Gasteiger partial charge in [0.2, 0.25) is 0 Å². The molecule has 16 heavy (non-hydrogen) atoms. The maximum absolute atomic E-state index is 5.19. The highest BCUT2D eigenvalue weighted by atomic mass is 16.3. The first-order valence-electron chi connectivity index (χ1n) is 5.93. The molecule has 0 aliphatic rings. The van der Waals surface area contributed by atoms with E-state index >= 15 is 0 Å². The smallest absolute Gasteiger partial charge is 0.0951 e. The molecule has 0 bridgehead atoms. The first kappa shape index (κ1) is 13.3. The molecule has 0 amide bonds. The van der Waals surface area contributed by atoms with Crippen molar-refractivity contribution in [3.05, 3.63) is 24.2 Å². The molecule has 1 aromatic heterocycles. The third-order valence-corrected chi connectivity index (χ3v) is 3.33. The lowest BCUT2D eigenvalue weighted by Gasteiger charge is -2.40. The van der Waals surface area contributed by atoms with Crippen molar-refractivity contribution >= 4 is 0 Å². The molecule has 3 heteroatoms. The predicted molar refractivity (Wildman–Crippen MR) is 67.5 cm³/mol. The average Bonchev–Trinajstić information content (AvgIpc) is 2.71. The summed E-state index contributed by atoms with van der Waals surface area (Å²) in [6.45, 7) is 7.69. The Morgan fingerprint density at radius 1 is 1.44 bits per heavy atom. The minimum atomic E-state index is 0.0546. The fourth-order valence-corrected chi connectivity index (χ4v) is 1.76. The summed E-state index contributed by atoms with van der Waals surface area (Å²) in [6.07, 6.45) is 4.71. The third-order valence-electron chi connectivity index (χ3n) is 3.33. The second-order valence-corrected chi connectivity index (χ2v) is 4.99. The molecule has 1 heterocycles. The molecular formula is C13H24N2O. The largest absolute Gasteiger partial charge is 0.472 e. The van der Waals surface area contributed by atoms with Crippen molar-refractivity contribution in [1.29, 1.82) is 0 Å². The predicted octanol–water partition coefficient (Wildman–Crippen LogP) is 2.66. The fraction of sp³-hybridized carbons (Fsp3) is 0.692. The van der Waals surface area contributed by atoms with Crippen LogP contribution in [0.15, 0.2) is 23.0 Å². The van der Waals surface area contributed by atoms with Gasteiger partial charge in [-0.3, -0.25) is 0 Å². The van der Waals surface area contributed by atoms with E-state index in [0.717, 1.165) is 13.0 Å². The molecule has 0 radical (unpaired) electrons. The number of nitrogens with one attached hydrogen (secondary N) is 1. The maximum Gasteiger partial charge on any atom is 0.0951 e. The van der Waals surface area contributed by atoms with E-state index in [4.69, 9.17) is 4.42 Å². The van der Waals surface area contributed by atoms with Crippen LogP contribution in [0.3, 0.4) is 0 Å². The van der Waals surface area contributed by atoms with Gasteiger partial charge in [-0.05, 0) is 47.0 Å². The van der Waals surface area contributed by atoms with Gasteiger partial charge >= 0.3 is 0 Å². The van der Waals surface area contributed by atoms with Gasteiger partial charge in [0.1, 0.15) is 0 Å². The number of likely N-dealkylation sites (N-methyl/N-ethyl adjacent to an activating group) is 1. The van der Waals surface area contributed by atoms with Crippen LogP contribution in [0.4, 0.5) is 0 Å². The fourth-order valence-electron chi connectivity index (χ4n) is 1.76. The minimum Gasteiger partial charge on any atom is -0.472 e. The molecule has 1 N–H and O–H groups in total. The molecule has 1 unspecified atom stereocenters. The lowest BCUT2D eigenvalue weighted by molar-refractivity contribution is 0.137. The van der Waals surface area contributed by atoms with Gasteiger partial charge < -0.3 is 14.6 Å². The Morgan fingerprint density at radius 2 is 2.12 bits per heavy atom. The molecule has 0 fully saturated rings. The van der Waals surface area contributed by atoms with Crippen molar-refractivity contribution < 1.29 is 4.42 Å². The topological polar surface area (TPSA) is 28.4 Å². The molecule has 0 aliphatic heterocycles. The van der Waals surface area contributed by atoms with Crippen LogP contribution >= 0.6 is 0 Å². The first-order valence-corrected chi connectivity index (χ1v) is 5.93. The number of rotatable bonds is 6. The van der Waals surface area contributed by atoms with Gasteiger partial charge in [0.25, 0.3) is 0 Å². The minimum absolute atomic E-state index is 0.0546. The van der Waals surface area contributed by atoms with Gasteiger partial charge in [-0.1, -0.05) is 6.92 Å². The molecule has 3 nitrogen and oxygen atoms in total. The second-order valence-electron chi connectivity index (χ2n) is 4.99. The summed E-state index contributed by atoms with van der Waals surface area (Å²) < 4.78 is 5.19. The highest BCUT2D eigenvalue weighted by Gasteiger charge is 2.32. The first-order chi connectivity index (χ1) is 7.50. The van der Waals surface area contributed by atoms with Gasteiger partial charge in [0.05, 0.1) is 18.6 Å². The second kappa shape index (κ2) is 5.51.